The van der Waals surface area contributed by atoms with E-state index in [1.165, 1.54) is 23.0 Å². The van der Waals surface area contributed by atoms with Gasteiger partial charge in [0.15, 0.2) is 0 Å². The first-order valence-electron chi connectivity index (χ1n) is 6.82. The normalized spacial score (nSPS) is 11.9. The summed E-state index contributed by atoms with van der Waals surface area (Å²) >= 11 is 0. The zero-order chi connectivity index (χ0) is 17.0. The van der Waals surface area contributed by atoms with E-state index in [0.717, 1.165) is 5.56 Å². The fourth-order valence-electron chi connectivity index (χ4n) is 2.15. The molecule has 122 valence electrons. The van der Waals surface area contributed by atoms with Crippen molar-refractivity contribution in [2.24, 2.45) is 18.7 Å². The number of aryl methyl sites for hydroxylation is 1. The molecule has 0 fully saturated rings. The highest BCUT2D eigenvalue weighted by Crippen LogP contribution is 2.21. The highest BCUT2D eigenvalue weighted by atomic mass is 19.1. The van der Waals surface area contributed by atoms with Crippen LogP contribution in [0, 0.1) is 21.8 Å². The fraction of sp³-hybridized carbons (Fsp3) is 0.286. The topological polar surface area (TPSA) is 116 Å². The molecule has 0 saturated carbocycles. The monoisotopic (exact) mass is 321 g/mol. The van der Waals surface area contributed by atoms with Gasteiger partial charge in [0.2, 0.25) is 18.1 Å². The first-order valence-corrected chi connectivity index (χ1v) is 6.82. The summed E-state index contributed by atoms with van der Waals surface area (Å²) in [7, 11) is 1.60. The summed E-state index contributed by atoms with van der Waals surface area (Å²) in [5, 5.41) is 13.7. The van der Waals surface area contributed by atoms with Crippen molar-refractivity contribution in [1.29, 1.82) is 0 Å². The predicted octanol–water partition coefficient (Wildman–Crippen LogP) is 1.22. The average molecular weight is 321 g/mol. The molecule has 3 N–H and O–H groups in total. The number of carbonyl (C=O) groups excluding carboxylic acids is 1. The highest BCUT2D eigenvalue weighted by molar-refractivity contribution is 5.77. The van der Waals surface area contributed by atoms with Gasteiger partial charge in [-0.05, 0) is 34.0 Å². The third-order valence-electron chi connectivity index (χ3n) is 3.40. The minimum Gasteiger partial charge on any atom is -0.369 e. The molecule has 0 aliphatic heterocycles. The lowest BCUT2D eigenvalue weighted by molar-refractivity contribution is -0.388. The number of nitrogens with one attached hydrogen (secondary N) is 1. The van der Waals surface area contributed by atoms with Gasteiger partial charge >= 0.3 is 5.82 Å². The van der Waals surface area contributed by atoms with Gasteiger partial charge in [-0.3, -0.25) is 9.36 Å². The van der Waals surface area contributed by atoms with Gasteiger partial charge in [-0.2, -0.15) is 0 Å². The number of aromatic nitrogens is 2. The Morgan fingerprint density at radius 2 is 2.13 bits per heavy atom. The van der Waals surface area contributed by atoms with Crippen LogP contribution in [-0.2, 0) is 18.3 Å². The van der Waals surface area contributed by atoms with Gasteiger partial charge in [0, 0.05) is 13.6 Å². The summed E-state index contributed by atoms with van der Waals surface area (Å²) in [5.74, 6) is -1.65. The maximum Gasteiger partial charge on any atom is 0.406 e. The summed E-state index contributed by atoms with van der Waals surface area (Å²) in [6.45, 7) is 0.104. The maximum absolute atomic E-state index is 12.9. The third-order valence-corrected chi connectivity index (χ3v) is 3.40. The number of hydrogen-bond donors (Lipinski definition) is 2. The standard InChI is InChI=1S/C14H16FN5O3/c1-19-8-18-14(20(22)23)13(19)17-7-10(12(16)21)6-9-2-4-11(15)5-3-9/h2-5,8,10,17H,6-7H2,1H3,(H2,16,21)/t10-/m0/s1. The first-order chi connectivity index (χ1) is 10.9. The van der Waals surface area contributed by atoms with Gasteiger partial charge in [-0.25, -0.2) is 4.39 Å². The molecule has 9 heteroatoms. The average Bonchev–Trinajstić information content (AvgIpc) is 2.86. The smallest absolute Gasteiger partial charge is 0.369 e. The Balaban J connectivity index is 2.09. The zero-order valence-electron chi connectivity index (χ0n) is 12.4. The number of hydrogen-bond acceptors (Lipinski definition) is 5. The molecule has 0 radical (unpaired) electrons. The van der Waals surface area contributed by atoms with Crippen molar-refractivity contribution in [2.45, 2.75) is 6.42 Å². The molecule has 0 aliphatic rings. The van der Waals surface area contributed by atoms with Crippen LogP contribution in [0.2, 0.25) is 0 Å². The van der Waals surface area contributed by atoms with E-state index in [2.05, 4.69) is 10.3 Å². The molecular formula is C14H16FN5O3. The largest absolute Gasteiger partial charge is 0.406 e. The number of nitrogens with two attached hydrogens (primary N) is 1. The molecule has 0 bridgehead atoms. The Kier molecular flexibility index (Phi) is 4.89. The SMILES string of the molecule is Cn1cnc([N+](=O)[O-])c1NC[C@H](Cc1ccc(F)cc1)C(N)=O. The van der Waals surface area contributed by atoms with Crippen molar-refractivity contribution >= 4 is 17.5 Å². The zero-order valence-corrected chi connectivity index (χ0v) is 12.4. The second-order valence-electron chi connectivity index (χ2n) is 5.10. The molecule has 1 aromatic heterocycles. The Labute approximate surface area is 131 Å². The molecule has 0 saturated heterocycles. The van der Waals surface area contributed by atoms with E-state index in [0.29, 0.717) is 6.42 Å². The van der Waals surface area contributed by atoms with E-state index in [1.54, 1.807) is 19.2 Å². The molecule has 1 heterocycles. The van der Waals surface area contributed by atoms with Gasteiger partial charge in [0.05, 0.1) is 5.92 Å². The molecular weight excluding hydrogens is 305 g/mol. The summed E-state index contributed by atoms with van der Waals surface area (Å²) in [6, 6.07) is 5.73. The van der Waals surface area contributed by atoms with Crippen LogP contribution in [0.1, 0.15) is 5.56 Å². The Bertz CT molecular complexity index is 714. The van der Waals surface area contributed by atoms with Gasteiger partial charge in [0.1, 0.15) is 5.82 Å². The van der Waals surface area contributed by atoms with Crippen molar-refractivity contribution in [3.63, 3.8) is 0 Å². The second-order valence-corrected chi connectivity index (χ2v) is 5.10. The number of carbonyl (C=O) groups is 1. The van der Waals surface area contributed by atoms with E-state index in [-0.39, 0.29) is 24.0 Å². The van der Waals surface area contributed by atoms with Crippen molar-refractivity contribution in [1.82, 2.24) is 9.55 Å². The van der Waals surface area contributed by atoms with Gasteiger partial charge in [-0.15, -0.1) is 0 Å². The minimum absolute atomic E-state index is 0.104. The molecule has 0 unspecified atom stereocenters. The Morgan fingerprint density at radius 3 is 2.70 bits per heavy atom. The van der Waals surface area contributed by atoms with E-state index in [1.807, 2.05) is 0 Å². The number of imidazole rings is 1. The molecule has 23 heavy (non-hydrogen) atoms. The minimum atomic E-state index is -0.610. The number of benzene rings is 1. The molecule has 2 aromatic rings. The third kappa shape index (κ3) is 4.02. The Morgan fingerprint density at radius 1 is 1.48 bits per heavy atom. The van der Waals surface area contributed by atoms with Gasteiger partial charge in [-0.1, -0.05) is 12.1 Å². The van der Waals surface area contributed by atoms with Crippen molar-refractivity contribution in [2.75, 3.05) is 11.9 Å². The number of nitro groups is 1. The lowest BCUT2D eigenvalue weighted by atomic mass is 9.98. The maximum atomic E-state index is 12.9. The van der Waals surface area contributed by atoms with Crippen LogP contribution in [-0.4, -0.2) is 26.9 Å². The number of nitrogens with zero attached hydrogens (tertiary/aromatic N) is 3. The molecule has 2 rings (SSSR count). The molecule has 0 aliphatic carbocycles. The van der Waals surface area contributed by atoms with Crippen LogP contribution < -0.4 is 11.1 Å². The van der Waals surface area contributed by atoms with E-state index < -0.39 is 16.7 Å². The van der Waals surface area contributed by atoms with Crippen LogP contribution in [0.3, 0.4) is 0 Å². The van der Waals surface area contributed by atoms with Crippen molar-refractivity contribution in [3.8, 4) is 0 Å². The first kappa shape index (κ1) is 16.4. The van der Waals surface area contributed by atoms with E-state index in [4.69, 9.17) is 5.73 Å². The Hall–Kier alpha value is -2.97. The van der Waals surface area contributed by atoms with Crippen LogP contribution in [0.25, 0.3) is 0 Å². The molecule has 1 amide bonds. The second kappa shape index (κ2) is 6.86. The summed E-state index contributed by atoms with van der Waals surface area (Å²) in [4.78, 5) is 25.6. The molecule has 1 aromatic carbocycles. The number of amides is 1. The van der Waals surface area contributed by atoms with Crippen LogP contribution in [0.15, 0.2) is 30.6 Å². The molecule has 0 spiro atoms. The molecule has 8 nitrogen and oxygen atoms in total. The molecule has 1 atom stereocenters. The predicted molar refractivity (Wildman–Crippen MR) is 81.1 cm³/mol. The van der Waals surface area contributed by atoms with E-state index in [9.17, 15) is 19.3 Å². The number of anilines is 1. The van der Waals surface area contributed by atoms with Gasteiger partial charge < -0.3 is 21.2 Å². The van der Waals surface area contributed by atoms with Crippen molar-refractivity contribution in [3.05, 3.63) is 52.1 Å². The number of primary amides is 1. The van der Waals surface area contributed by atoms with Crippen LogP contribution >= 0.6 is 0 Å². The van der Waals surface area contributed by atoms with Crippen molar-refractivity contribution < 1.29 is 14.1 Å². The fourth-order valence-corrected chi connectivity index (χ4v) is 2.15. The summed E-state index contributed by atoms with van der Waals surface area (Å²) in [5.41, 5.74) is 6.13. The highest BCUT2D eigenvalue weighted by Gasteiger charge is 2.22. The number of halogens is 1. The van der Waals surface area contributed by atoms with Crippen LogP contribution in [0.4, 0.5) is 16.0 Å². The lowest BCUT2D eigenvalue weighted by Crippen LogP contribution is -2.31. The lowest BCUT2D eigenvalue weighted by Gasteiger charge is -2.15. The van der Waals surface area contributed by atoms with E-state index >= 15 is 0 Å². The number of rotatable bonds is 7. The summed E-state index contributed by atoms with van der Waals surface area (Å²) < 4.78 is 14.4. The quantitative estimate of drug-likeness (QED) is 0.587. The van der Waals surface area contributed by atoms with Crippen LogP contribution in [0.5, 0.6) is 0 Å². The van der Waals surface area contributed by atoms with Gasteiger partial charge in [0.25, 0.3) is 0 Å². The summed E-state index contributed by atoms with van der Waals surface area (Å²) in [6.07, 6.45) is 1.61.